The molecule has 0 atom stereocenters. The quantitative estimate of drug-likeness (QED) is 0.748. The van der Waals surface area contributed by atoms with Gasteiger partial charge in [-0.2, -0.15) is 0 Å². The van der Waals surface area contributed by atoms with Crippen molar-refractivity contribution in [2.75, 3.05) is 5.32 Å². The number of rotatable bonds is 5. The van der Waals surface area contributed by atoms with Crippen LogP contribution in [0.3, 0.4) is 0 Å². The standard InChI is InChI=1S/C21H24N2O2/c1-14(2)25-17-11-9-16(10-12-17)22-21(24)13-19-15(3)23(4)20-8-6-5-7-18(19)20/h5-12,14H,13H2,1-4H3,(H,22,24). The Labute approximate surface area is 148 Å². The highest BCUT2D eigenvalue weighted by Gasteiger charge is 2.14. The van der Waals surface area contributed by atoms with E-state index in [2.05, 4.69) is 28.9 Å². The second-order valence-electron chi connectivity index (χ2n) is 6.56. The van der Waals surface area contributed by atoms with Crippen LogP contribution >= 0.6 is 0 Å². The zero-order chi connectivity index (χ0) is 18.0. The van der Waals surface area contributed by atoms with Gasteiger partial charge in [0.15, 0.2) is 0 Å². The van der Waals surface area contributed by atoms with E-state index in [1.165, 1.54) is 0 Å². The third-order valence-corrected chi connectivity index (χ3v) is 4.38. The molecule has 130 valence electrons. The summed E-state index contributed by atoms with van der Waals surface area (Å²) in [6, 6.07) is 15.7. The van der Waals surface area contributed by atoms with Crippen LogP contribution in [-0.2, 0) is 18.3 Å². The van der Waals surface area contributed by atoms with Crippen LogP contribution in [0.2, 0.25) is 0 Å². The van der Waals surface area contributed by atoms with Crippen molar-refractivity contribution in [2.45, 2.75) is 33.3 Å². The monoisotopic (exact) mass is 336 g/mol. The average molecular weight is 336 g/mol. The number of hydrogen-bond acceptors (Lipinski definition) is 2. The van der Waals surface area contributed by atoms with Crippen molar-refractivity contribution in [3.05, 3.63) is 59.8 Å². The van der Waals surface area contributed by atoms with Crippen molar-refractivity contribution in [2.24, 2.45) is 7.05 Å². The fraction of sp³-hybridized carbons (Fsp3) is 0.286. The number of aromatic nitrogens is 1. The predicted octanol–water partition coefficient (Wildman–Crippen LogP) is 4.46. The number of nitrogens with one attached hydrogen (secondary N) is 1. The molecule has 4 nitrogen and oxygen atoms in total. The summed E-state index contributed by atoms with van der Waals surface area (Å²) in [5.74, 6) is 0.787. The molecule has 0 saturated heterocycles. The number of anilines is 1. The Balaban J connectivity index is 1.74. The lowest BCUT2D eigenvalue weighted by molar-refractivity contribution is -0.115. The first-order valence-corrected chi connectivity index (χ1v) is 8.55. The van der Waals surface area contributed by atoms with Crippen molar-refractivity contribution >= 4 is 22.5 Å². The summed E-state index contributed by atoms with van der Waals surface area (Å²) in [6.45, 7) is 6.03. The largest absolute Gasteiger partial charge is 0.491 e. The Kier molecular flexibility index (Phi) is 4.79. The van der Waals surface area contributed by atoms with Gasteiger partial charge in [-0.05, 0) is 56.7 Å². The van der Waals surface area contributed by atoms with Gasteiger partial charge < -0.3 is 14.6 Å². The second-order valence-corrected chi connectivity index (χ2v) is 6.56. The van der Waals surface area contributed by atoms with Crippen molar-refractivity contribution in [1.29, 1.82) is 0 Å². The zero-order valence-electron chi connectivity index (χ0n) is 15.2. The maximum absolute atomic E-state index is 12.5. The van der Waals surface area contributed by atoms with Crippen LogP contribution in [0.4, 0.5) is 5.69 Å². The van der Waals surface area contributed by atoms with Crippen LogP contribution in [0.15, 0.2) is 48.5 Å². The average Bonchev–Trinajstić information content (AvgIpc) is 2.82. The van der Waals surface area contributed by atoms with E-state index in [1.54, 1.807) is 0 Å². The van der Waals surface area contributed by atoms with Crippen LogP contribution in [0.1, 0.15) is 25.1 Å². The zero-order valence-corrected chi connectivity index (χ0v) is 15.2. The summed E-state index contributed by atoms with van der Waals surface area (Å²) in [7, 11) is 2.03. The number of aryl methyl sites for hydroxylation is 1. The molecule has 0 fully saturated rings. The number of hydrogen-bond donors (Lipinski definition) is 1. The lowest BCUT2D eigenvalue weighted by atomic mass is 10.1. The van der Waals surface area contributed by atoms with E-state index in [9.17, 15) is 4.79 Å². The van der Waals surface area contributed by atoms with Gasteiger partial charge in [0.1, 0.15) is 5.75 Å². The van der Waals surface area contributed by atoms with Crippen molar-refractivity contribution in [3.8, 4) is 5.75 Å². The highest BCUT2D eigenvalue weighted by atomic mass is 16.5. The molecule has 0 aliphatic rings. The molecule has 3 rings (SSSR count). The number of benzene rings is 2. The minimum atomic E-state index is -0.0167. The molecule has 1 heterocycles. The Morgan fingerprint density at radius 3 is 2.48 bits per heavy atom. The number of nitrogens with zero attached hydrogens (tertiary/aromatic N) is 1. The third-order valence-electron chi connectivity index (χ3n) is 4.38. The van der Waals surface area contributed by atoms with E-state index in [4.69, 9.17) is 4.74 Å². The number of fused-ring (bicyclic) bond motifs is 1. The second kappa shape index (κ2) is 7.01. The maximum atomic E-state index is 12.5. The fourth-order valence-corrected chi connectivity index (χ4v) is 3.08. The molecule has 0 saturated carbocycles. The first kappa shape index (κ1) is 17.1. The first-order chi connectivity index (χ1) is 12.0. The van der Waals surface area contributed by atoms with Crippen molar-refractivity contribution in [1.82, 2.24) is 4.57 Å². The van der Waals surface area contributed by atoms with E-state index >= 15 is 0 Å². The minimum absolute atomic E-state index is 0.0167. The Hall–Kier alpha value is -2.75. The summed E-state index contributed by atoms with van der Waals surface area (Å²) < 4.78 is 7.76. The first-order valence-electron chi connectivity index (χ1n) is 8.55. The molecule has 25 heavy (non-hydrogen) atoms. The smallest absolute Gasteiger partial charge is 0.228 e. The van der Waals surface area contributed by atoms with E-state index in [1.807, 2.05) is 57.3 Å². The van der Waals surface area contributed by atoms with Crippen molar-refractivity contribution in [3.63, 3.8) is 0 Å². The van der Waals surface area contributed by atoms with E-state index in [0.717, 1.165) is 33.6 Å². The fourth-order valence-electron chi connectivity index (χ4n) is 3.08. The molecule has 2 aromatic carbocycles. The predicted molar refractivity (Wildman–Crippen MR) is 102 cm³/mol. The molecule has 0 spiro atoms. The van der Waals surface area contributed by atoms with Crippen LogP contribution in [0.25, 0.3) is 10.9 Å². The van der Waals surface area contributed by atoms with Gasteiger partial charge in [0, 0.05) is 29.3 Å². The number of amides is 1. The summed E-state index contributed by atoms with van der Waals surface area (Å²) in [5, 5.41) is 4.11. The Bertz CT molecular complexity index is 892. The highest BCUT2D eigenvalue weighted by molar-refractivity contribution is 5.96. The number of para-hydroxylation sites is 1. The van der Waals surface area contributed by atoms with Gasteiger partial charge in [0.2, 0.25) is 5.91 Å². The minimum Gasteiger partial charge on any atom is -0.491 e. The number of carbonyl (C=O) groups is 1. The molecule has 1 aromatic heterocycles. The van der Waals surface area contributed by atoms with E-state index < -0.39 is 0 Å². The molecule has 0 radical (unpaired) electrons. The Morgan fingerprint density at radius 2 is 1.80 bits per heavy atom. The molecule has 0 aliphatic heterocycles. The summed E-state index contributed by atoms with van der Waals surface area (Å²) in [6.07, 6.45) is 0.493. The summed E-state index contributed by atoms with van der Waals surface area (Å²) >= 11 is 0. The lowest BCUT2D eigenvalue weighted by Gasteiger charge is -2.11. The highest BCUT2D eigenvalue weighted by Crippen LogP contribution is 2.25. The van der Waals surface area contributed by atoms with Crippen molar-refractivity contribution < 1.29 is 9.53 Å². The van der Waals surface area contributed by atoms with Gasteiger partial charge in [-0.3, -0.25) is 4.79 Å². The van der Waals surface area contributed by atoms with Gasteiger partial charge in [-0.1, -0.05) is 18.2 Å². The normalized spacial score (nSPS) is 11.1. The number of carbonyl (C=O) groups excluding carboxylic acids is 1. The maximum Gasteiger partial charge on any atom is 0.228 e. The van der Waals surface area contributed by atoms with Gasteiger partial charge in [-0.25, -0.2) is 0 Å². The SMILES string of the molecule is Cc1c(CC(=O)Nc2ccc(OC(C)C)cc2)c2ccccc2n1C. The van der Waals surface area contributed by atoms with Crippen LogP contribution < -0.4 is 10.1 Å². The molecule has 3 aromatic rings. The van der Waals surface area contributed by atoms with Gasteiger partial charge in [0.05, 0.1) is 12.5 Å². The topological polar surface area (TPSA) is 43.3 Å². The van der Waals surface area contributed by atoms with E-state index in [-0.39, 0.29) is 12.0 Å². The molecule has 1 N–H and O–H groups in total. The van der Waals surface area contributed by atoms with Crippen LogP contribution in [0.5, 0.6) is 5.75 Å². The molecular weight excluding hydrogens is 312 g/mol. The molecule has 0 bridgehead atoms. The van der Waals surface area contributed by atoms with Gasteiger partial charge >= 0.3 is 0 Å². The third kappa shape index (κ3) is 3.68. The van der Waals surface area contributed by atoms with Crippen LogP contribution in [-0.4, -0.2) is 16.6 Å². The van der Waals surface area contributed by atoms with E-state index in [0.29, 0.717) is 6.42 Å². The summed E-state index contributed by atoms with van der Waals surface area (Å²) in [4.78, 5) is 12.5. The molecule has 0 unspecified atom stereocenters. The molecule has 1 amide bonds. The Morgan fingerprint density at radius 1 is 1.12 bits per heavy atom. The lowest BCUT2D eigenvalue weighted by Crippen LogP contribution is -2.15. The van der Waals surface area contributed by atoms with Gasteiger partial charge in [0.25, 0.3) is 0 Å². The molecule has 0 aliphatic carbocycles. The summed E-state index contributed by atoms with van der Waals surface area (Å²) in [5.41, 5.74) is 4.13. The molecular formula is C21H24N2O2. The van der Waals surface area contributed by atoms with Gasteiger partial charge in [-0.15, -0.1) is 0 Å². The number of ether oxygens (including phenoxy) is 1. The van der Waals surface area contributed by atoms with Crippen LogP contribution in [0, 0.1) is 6.92 Å². The molecule has 4 heteroatoms.